The van der Waals surface area contributed by atoms with Crippen LogP contribution in [0.15, 0.2) is 59.5 Å². The van der Waals surface area contributed by atoms with Crippen LogP contribution in [0.2, 0.25) is 0 Å². The SMILES string of the molecule is COCCNC(=O)COC(=O)c1cccc(S(=O)(=O)N[C@H](C)c2ccccc2)c1. The zero-order valence-corrected chi connectivity index (χ0v) is 17.1. The van der Waals surface area contributed by atoms with Gasteiger partial charge in [0.15, 0.2) is 6.61 Å². The van der Waals surface area contributed by atoms with E-state index in [0.717, 1.165) is 5.56 Å². The van der Waals surface area contributed by atoms with E-state index in [4.69, 9.17) is 9.47 Å². The molecule has 0 aromatic heterocycles. The minimum atomic E-state index is -3.86. The van der Waals surface area contributed by atoms with Crippen LogP contribution in [0.4, 0.5) is 0 Å². The van der Waals surface area contributed by atoms with Crippen LogP contribution in [-0.2, 0) is 24.3 Å². The molecule has 0 bridgehead atoms. The molecule has 0 heterocycles. The molecule has 1 atom stereocenters. The molecule has 2 aromatic rings. The van der Waals surface area contributed by atoms with Gasteiger partial charge in [0.05, 0.1) is 17.1 Å². The Bertz CT molecular complexity index is 931. The lowest BCUT2D eigenvalue weighted by Gasteiger charge is -2.15. The van der Waals surface area contributed by atoms with Gasteiger partial charge < -0.3 is 14.8 Å². The summed E-state index contributed by atoms with van der Waals surface area (Å²) in [5.41, 5.74) is 0.844. The Labute approximate surface area is 170 Å². The minimum absolute atomic E-state index is 0.0323. The number of carbonyl (C=O) groups excluding carboxylic acids is 2. The summed E-state index contributed by atoms with van der Waals surface area (Å²) in [6.45, 7) is 1.90. The van der Waals surface area contributed by atoms with Gasteiger partial charge in [-0.2, -0.15) is 0 Å². The van der Waals surface area contributed by atoms with Gasteiger partial charge in [-0.25, -0.2) is 17.9 Å². The Balaban J connectivity index is 2.02. The van der Waals surface area contributed by atoms with Crippen LogP contribution in [-0.4, -0.2) is 47.2 Å². The highest BCUT2D eigenvalue weighted by atomic mass is 32.2. The molecular weight excluding hydrogens is 396 g/mol. The van der Waals surface area contributed by atoms with Crippen LogP contribution in [0.3, 0.4) is 0 Å². The fourth-order valence-corrected chi connectivity index (χ4v) is 3.74. The van der Waals surface area contributed by atoms with Gasteiger partial charge in [-0.3, -0.25) is 4.79 Å². The lowest BCUT2D eigenvalue weighted by atomic mass is 10.1. The molecule has 0 aliphatic carbocycles. The van der Waals surface area contributed by atoms with E-state index in [2.05, 4.69) is 10.0 Å². The van der Waals surface area contributed by atoms with Crippen molar-refractivity contribution in [3.05, 3.63) is 65.7 Å². The molecule has 0 spiro atoms. The van der Waals surface area contributed by atoms with Crippen LogP contribution in [0.5, 0.6) is 0 Å². The van der Waals surface area contributed by atoms with Gasteiger partial charge in [-0.05, 0) is 30.7 Å². The third-order valence-corrected chi connectivity index (χ3v) is 5.51. The number of amides is 1. The highest BCUT2D eigenvalue weighted by Gasteiger charge is 2.20. The smallest absolute Gasteiger partial charge is 0.338 e. The first kappa shape index (κ1) is 22.5. The van der Waals surface area contributed by atoms with Crippen LogP contribution in [0, 0.1) is 0 Å². The van der Waals surface area contributed by atoms with Gasteiger partial charge >= 0.3 is 5.97 Å². The summed E-state index contributed by atoms with van der Waals surface area (Å²) in [5, 5.41) is 2.52. The predicted molar refractivity (Wildman–Crippen MR) is 107 cm³/mol. The molecular formula is C20H24N2O6S. The number of hydrogen-bond acceptors (Lipinski definition) is 6. The number of methoxy groups -OCH3 is 1. The summed E-state index contributed by atoms with van der Waals surface area (Å²) >= 11 is 0. The molecule has 0 aliphatic rings. The molecule has 0 aliphatic heterocycles. The van der Waals surface area contributed by atoms with E-state index in [-0.39, 0.29) is 10.5 Å². The Morgan fingerprint density at radius 1 is 1.07 bits per heavy atom. The second-order valence-electron chi connectivity index (χ2n) is 6.20. The van der Waals surface area contributed by atoms with Crippen molar-refractivity contribution in [3.8, 4) is 0 Å². The van der Waals surface area contributed by atoms with Crippen molar-refractivity contribution in [2.45, 2.75) is 17.9 Å². The summed E-state index contributed by atoms with van der Waals surface area (Å²) in [6, 6.07) is 14.1. The van der Waals surface area contributed by atoms with Crippen molar-refractivity contribution < 1.29 is 27.5 Å². The third kappa shape index (κ3) is 6.97. The van der Waals surface area contributed by atoms with Crippen LogP contribution in [0.1, 0.15) is 28.9 Å². The summed E-state index contributed by atoms with van der Waals surface area (Å²) < 4.78 is 37.6. The average molecular weight is 420 g/mol. The first-order chi connectivity index (χ1) is 13.8. The number of rotatable bonds is 10. The number of carbonyl (C=O) groups is 2. The highest BCUT2D eigenvalue weighted by molar-refractivity contribution is 7.89. The molecule has 0 unspecified atom stereocenters. The average Bonchev–Trinajstić information content (AvgIpc) is 2.72. The van der Waals surface area contributed by atoms with Gasteiger partial charge in [0.1, 0.15) is 0 Å². The van der Waals surface area contributed by atoms with Crippen LogP contribution < -0.4 is 10.0 Å². The molecule has 0 radical (unpaired) electrons. The van der Waals surface area contributed by atoms with E-state index in [0.29, 0.717) is 13.2 Å². The fourth-order valence-electron chi connectivity index (χ4n) is 2.46. The molecule has 0 saturated heterocycles. The normalized spacial score (nSPS) is 12.2. The van der Waals surface area contributed by atoms with E-state index in [1.54, 1.807) is 6.92 Å². The van der Waals surface area contributed by atoms with Crippen molar-refractivity contribution >= 4 is 21.9 Å². The Morgan fingerprint density at radius 2 is 1.79 bits per heavy atom. The van der Waals surface area contributed by atoms with Crippen molar-refractivity contribution in [2.24, 2.45) is 0 Å². The lowest BCUT2D eigenvalue weighted by Crippen LogP contribution is -2.31. The molecule has 2 aromatic carbocycles. The zero-order chi connectivity index (χ0) is 21.3. The minimum Gasteiger partial charge on any atom is -0.452 e. The standard InChI is InChI=1S/C20H24N2O6S/c1-15(16-7-4-3-5-8-16)22-29(25,26)18-10-6-9-17(13-18)20(24)28-14-19(23)21-11-12-27-2/h3-10,13,15,22H,11-12,14H2,1-2H3,(H,21,23)/t15-/m1/s1. The van der Waals surface area contributed by atoms with Crippen LogP contribution >= 0.6 is 0 Å². The Hall–Kier alpha value is -2.75. The van der Waals surface area contributed by atoms with Gasteiger partial charge in [0, 0.05) is 19.7 Å². The van der Waals surface area contributed by atoms with E-state index in [1.165, 1.54) is 31.4 Å². The van der Waals surface area contributed by atoms with Gasteiger partial charge in [0.2, 0.25) is 10.0 Å². The highest BCUT2D eigenvalue weighted by Crippen LogP contribution is 2.18. The van der Waals surface area contributed by atoms with Crippen molar-refractivity contribution in [1.82, 2.24) is 10.0 Å². The Morgan fingerprint density at radius 3 is 2.48 bits per heavy atom. The molecule has 8 nitrogen and oxygen atoms in total. The molecule has 156 valence electrons. The summed E-state index contributed by atoms with van der Waals surface area (Å²) in [5.74, 6) is -1.27. The maximum Gasteiger partial charge on any atom is 0.338 e. The maximum atomic E-state index is 12.7. The molecule has 0 saturated carbocycles. The van der Waals surface area contributed by atoms with Gasteiger partial charge in [-0.15, -0.1) is 0 Å². The monoisotopic (exact) mass is 420 g/mol. The van der Waals surface area contributed by atoms with E-state index in [1.807, 2.05) is 30.3 Å². The lowest BCUT2D eigenvalue weighted by molar-refractivity contribution is -0.124. The molecule has 9 heteroatoms. The van der Waals surface area contributed by atoms with Gasteiger partial charge in [0.25, 0.3) is 5.91 Å². The summed E-state index contributed by atoms with van der Waals surface area (Å²) in [7, 11) is -2.36. The van der Waals surface area contributed by atoms with Crippen molar-refractivity contribution in [2.75, 3.05) is 26.9 Å². The predicted octanol–water partition coefficient (Wildman–Crippen LogP) is 1.65. The number of esters is 1. The second kappa shape index (κ2) is 10.7. The number of sulfonamides is 1. The van der Waals surface area contributed by atoms with Crippen molar-refractivity contribution in [3.63, 3.8) is 0 Å². The topological polar surface area (TPSA) is 111 Å². The van der Waals surface area contributed by atoms with Crippen LogP contribution in [0.25, 0.3) is 0 Å². The maximum absolute atomic E-state index is 12.7. The first-order valence-corrected chi connectivity index (χ1v) is 10.4. The van der Waals surface area contributed by atoms with Gasteiger partial charge in [-0.1, -0.05) is 36.4 Å². The Kier molecular flexibility index (Phi) is 8.32. The largest absolute Gasteiger partial charge is 0.452 e. The van der Waals surface area contributed by atoms with E-state index >= 15 is 0 Å². The quantitative estimate of drug-likeness (QED) is 0.447. The second-order valence-corrected chi connectivity index (χ2v) is 7.91. The number of hydrogen-bond donors (Lipinski definition) is 2. The number of ether oxygens (including phenoxy) is 2. The van der Waals surface area contributed by atoms with E-state index in [9.17, 15) is 18.0 Å². The molecule has 2 rings (SSSR count). The summed E-state index contributed by atoms with van der Waals surface area (Å²) in [4.78, 5) is 23.7. The number of benzene rings is 2. The zero-order valence-electron chi connectivity index (χ0n) is 16.3. The third-order valence-electron chi connectivity index (χ3n) is 3.97. The van der Waals surface area contributed by atoms with E-state index < -0.39 is 34.5 Å². The molecule has 1 amide bonds. The van der Waals surface area contributed by atoms with Crippen molar-refractivity contribution in [1.29, 1.82) is 0 Å². The molecule has 2 N–H and O–H groups in total. The first-order valence-electron chi connectivity index (χ1n) is 8.93. The molecule has 29 heavy (non-hydrogen) atoms. The fraction of sp³-hybridized carbons (Fsp3) is 0.300. The number of nitrogens with one attached hydrogen (secondary N) is 2. The molecule has 0 fully saturated rings. The summed E-state index contributed by atoms with van der Waals surface area (Å²) in [6.07, 6.45) is 0.